The van der Waals surface area contributed by atoms with Gasteiger partial charge < -0.3 is 9.47 Å². The van der Waals surface area contributed by atoms with Gasteiger partial charge in [-0.3, -0.25) is 9.69 Å². The van der Waals surface area contributed by atoms with Crippen LogP contribution >= 0.6 is 15.9 Å². The first kappa shape index (κ1) is 17.3. The molecule has 1 saturated heterocycles. The maximum Gasteiger partial charge on any atom is 0.255 e. The van der Waals surface area contributed by atoms with Crippen molar-refractivity contribution in [2.75, 3.05) is 26.2 Å². The molecule has 1 amide bonds. The van der Waals surface area contributed by atoms with Crippen molar-refractivity contribution in [3.8, 4) is 0 Å². The Morgan fingerprint density at radius 2 is 1.69 bits per heavy atom. The van der Waals surface area contributed by atoms with Crippen molar-refractivity contribution in [2.24, 2.45) is 7.05 Å². The van der Waals surface area contributed by atoms with E-state index in [1.165, 1.54) is 16.5 Å². The number of halogens is 1. The van der Waals surface area contributed by atoms with Crippen molar-refractivity contribution in [3.63, 3.8) is 0 Å². The third-order valence-corrected chi connectivity index (χ3v) is 5.83. The van der Waals surface area contributed by atoms with Gasteiger partial charge in [0.2, 0.25) is 0 Å². The van der Waals surface area contributed by atoms with Crippen LogP contribution in [0.2, 0.25) is 0 Å². The van der Waals surface area contributed by atoms with Crippen LogP contribution in [-0.2, 0) is 13.6 Å². The Morgan fingerprint density at radius 3 is 2.46 bits per heavy atom. The Hall–Kier alpha value is -2.11. The summed E-state index contributed by atoms with van der Waals surface area (Å²) >= 11 is 3.48. The van der Waals surface area contributed by atoms with E-state index in [2.05, 4.69) is 62.9 Å². The number of carbonyl (C=O) groups excluding carboxylic acids is 1. The number of piperazine rings is 1. The molecule has 26 heavy (non-hydrogen) atoms. The Bertz CT molecular complexity index is 941. The molecule has 1 aliphatic heterocycles. The van der Waals surface area contributed by atoms with Crippen LogP contribution in [0.3, 0.4) is 0 Å². The zero-order valence-corrected chi connectivity index (χ0v) is 16.4. The summed E-state index contributed by atoms with van der Waals surface area (Å²) in [5, 5.41) is 1.32. The molecule has 4 nitrogen and oxygen atoms in total. The number of hydrogen-bond acceptors (Lipinski definition) is 2. The van der Waals surface area contributed by atoms with Crippen LogP contribution in [0.15, 0.2) is 59.2 Å². The molecule has 0 aliphatic carbocycles. The number of hydrogen-bond donors (Lipinski definition) is 0. The van der Waals surface area contributed by atoms with Gasteiger partial charge >= 0.3 is 0 Å². The van der Waals surface area contributed by atoms with Crippen molar-refractivity contribution >= 4 is 32.7 Å². The number of nitrogens with zero attached hydrogens (tertiary/aromatic N) is 3. The average molecular weight is 412 g/mol. The maximum absolute atomic E-state index is 12.7. The standard InChI is InChI=1S/C21H22BrN3O/c1-23-14-16(17-6-3-5-9-20(17)23)15-24-10-12-25(13-11-24)21(26)18-7-2-4-8-19(18)22/h2-9,14H,10-13,15H2,1H3. The van der Waals surface area contributed by atoms with Gasteiger partial charge in [0.05, 0.1) is 5.56 Å². The zero-order chi connectivity index (χ0) is 18.1. The molecule has 2 heterocycles. The molecular formula is C21H22BrN3O. The number of aromatic nitrogens is 1. The number of benzene rings is 2. The molecule has 0 spiro atoms. The van der Waals surface area contributed by atoms with E-state index < -0.39 is 0 Å². The lowest BCUT2D eigenvalue weighted by molar-refractivity contribution is 0.0628. The minimum atomic E-state index is 0.113. The number of carbonyl (C=O) groups is 1. The van der Waals surface area contributed by atoms with Gasteiger partial charge in [0.15, 0.2) is 0 Å². The number of amides is 1. The molecule has 0 radical (unpaired) electrons. The SMILES string of the molecule is Cn1cc(CN2CCN(C(=O)c3ccccc3Br)CC2)c2ccccc21. The normalized spacial score (nSPS) is 15.5. The molecule has 5 heteroatoms. The van der Waals surface area contributed by atoms with Crippen molar-refractivity contribution < 1.29 is 4.79 Å². The molecule has 1 aromatic heterocycles. The lowest BCUT2D eigenvalue weighted by atomic mass is 10.1. The maximum atomic E-state index is 12.7. The van der Waals surface area contributed by atoms with Gasteiger partial charge in [-0.25, -0.2) is 0 Å². The van der Waals surface area contributed by atoms with Crippen molar-refractivity contribution in [1.82, 2.24) is 14.4 Å². The minimum absolute atomic E-state index is 0.113. The molecule has 1 aliphatic rings. The Labute approximate surface area is 162 Å². The largest absolute Gasteiger partial charge is 0.350 e. The van der Waals surface area contributed by atoms with E-state index in [1.54, 1.807) is 0 Å². The first-order valence-electron chi connectivity index (χ1n) is 8.92. The second kappa shape index (κ2) is 7.25. The van der Waals surface area contributed by atoms with E-state index in [0.717, 1.165) is 42.8 Å². The van der Waals surface area contributed by atoms with Crippen molar-refractivity contribution in [1.29, 1.82) is 0 Å². The second-order valence-electron chi connectivity index (χ2n) is 6.83. The second-order valence-corrected chi connectivity index (χ2v) is 7.68. The third-order valence-electron chi connectivity index (χ3n) is 5.14. The molecule has 0 bridgehead atoms. The summed E-state index contributed by atoms with van der Waals surface area (Å²) in [6.45, 7) is 4.27. The number of rotatable bonds is 3. The highest BCUT2D eigenvalue weighted by Crippen LogP contribution is 2.23. The predicted molar refractivity (Wildman–Crippen MR) is 108 cm³/mol. The highest BCUT2D eigenvalue weighted by Gasteiger charge is 2.23. The van der Waals surface area contributed by atoms with E-state index in [0.29, 0.717) is 0 Å². The monoisotopic (exact) mass is 411 g/mol. The fraction of sp³-hybridized carbons (Fsp3) is 0.286. The molecule has 4 rings (SSSR count). The van der Waals surface area contributed by atoms with Gasteiger partial charge in [0.1, 0.15) is 0 Å². The quantitative estimate of drug-likeness (QED) is 0.653. The number of aryl methyl sites for hydroxylation is 1. The van der Waals surface area contributed by atoms with Crippen LogP contribution in [0, 0.1) is 0 Å². The van der Waals surface area contributed by atoms with Crippen molar-refractivity contribution in [2.45, 2.75) is 6.54 Å². The molecule has 3 aromatic rings. The summed E-state index contributed by atoms with van der Waals surface area (Å²) in [5.41, 5.74) is 3.37. The van der Waals surface area contributed by atoms with Crippen molar-refractivity contribution in [3.05, 3.63) is 70.3 Å². The van der Waals surface area contributed by atoms with E-state index in [-0.39, 0.29) is 5.91 Å². The van der Waals surface area contributed by atoms with E-state index in [1.807, 2.05) is 29.2 Å². The Morgan fingerprint density at radius 1 is 1.00 bits per heavy atom. The van der Waals surface area contributed by atoms with Crippen LogP contribution in [0.25, 0.3) is 10.9 Å². The lowest BCUT2D eigenvalue weighted by Crippen LogP contribution is -2.48. The van der Waals surface area contributed by atoms with Gasteiger partial charge in [0.25, 0.3) is 5.91 Å². The molecule has 1 fully saturated rings. The summed E-state index contributed by atoms with van der Waals surface area (Å²) in [4.78, 5) is 17.1. The fourth-order valence-corrected chi connectivity index (χ4v) is 4.16. The van der Waals surface area contributed by atoms with Crippen LogP contribution < -0.4 is 0 Å². The summed E-state index contributed by atoms with van der Waals surface area (Å²) in [6.07, 6.45) is 2.23. The lowest BCUT2D eigenvalue weighted by Gasteiger charge is -2.34. The number of fused-ring (bicyclic) bond motifs is 1. The van der Waals surface area contributed by atoms with E-state index in [4.69, 9.17) is 0 Å². The first-order chi connectivity index (χ1) is 12.6. The molecule has 0 N–H and O–H groups in total. The average Bonchev–Trinajstić information content (AvgIpc) is 2.98. The Balaban J connectivity index is 1.42. The van der Waals surface area contributed by atoms with Gasteiger partial charge in [-0.05, 0) is 39.7 Å². The van der Waals surface area contributed by atoms with Gasteiger partial charge in [-0.2, -0.15) is 0 Å². The summed E-state index contributed by atoms with van der Waals surface area (Å²) in [6, 6.07) is 16.2. The van der Waals surface area contributed by atoms with E-state index >= 15 is 0 Å². The number of para-hydroxylation sites is 1. The van der Waals surface area contributed by atoms with Crippen LogP contribution in [-0.4, -0.2) is 46.5 Å². The fourth-order valence-electron chi connectivity index (χ4n) is 3.71. The molecule has 2 aromatic carbocycles. The molecule has 0 saturated carbocycles. The molecule has 0 unspecified atom stereocenters. The topological polar surface area (TPSA) is 28.5 Å². The van der Waals surface area contributed by atoms with Crippen LogP contribution in [0.1, 0.15) is 15.9 Å². The third kappa shape index (κ3) is 3.29. The highest BCUT2D eigenvalue weighted by molar-refractivity contribution is 9.10. The molecular weight excluding hydrogens is 390 g/mol. The highest BCUT2D eigenvalue weighted by atomic mass is 79.9. The Kier molecular flexibility index (Phi) is 4.83. The molecule has 134 valence electrons. The van der Waals surface area contributed by atoms with Gasteiger partial charge in [0, 0.05) is 61.3 Å². The zero-order valence-electron chi connectivity index (χ0n) is 14.9. The summed E-state index contributed by atoms with van der Waals surface area (Å²) < 4.78 is 3.06. The predicted octanol–water partition coefficient (Wildman–Crippen LogP) is 3.90. The molecule has 0 atom stereocenters. The summed E-state index contributed by atoms with van der Waals surface area (Å²) in [7, 11) is 2.10. The van der Waals surface area contributed by atoms with Gasteiger partial charge in [-0.15, -0.1) is 0 Å². The first-order valence-corrected chi connectivity index (χ1v) is 9.72. The minimum Gasteiger partial charge on any atom is -0.350 e. The smallest absolute Gasteiger partial charge is 0.255 e. The van der Waals surface area contributed by atoms with Crippen LogP contribution in [0.5, 0.6) is 0 Å². The van der Waals surface area contributed by atoms with E-state index in [9.17, 15) is 4.79 Å². The van der Waals surface area contributed by atoms with Gasteiger partial charge in [-0.1, -0.05) is 30.3 Å². The van der Waals surface area contributed by atoms with Crippen LogP contribution in [0.4, 0.5) is 0 Å². The summed E-state index contributed by atoms with van der Waals surface area (Å²) in [5.74, 6) is 0.113.